The van der Waals surface area contributed by atoms with Gasteiger partial charge in [-0.3, -0.25) is 9.69 Å². The zero-order valence-electron chi connectivity index (χ0n) is 11.8. The van der Waals surface area contributed by atoms with Gasteiger partial charge in [0.15, 0.2) is 0 Å². The lowest BCUT2D eigenvalue weighted by Gasteiger charge is -2.40. The van der Waals surface area contributed by atoms with Crippen molar-refractivity contribution in [2.75, 3.05) is 32.8 Å². The first-order chi connectivity index (χ1) is 7.73. The fraction of sp³-hybridized carbons (Fsp3) is 0.923. The third kappa shape index (κ3) is 4.28. The first kappa shape index (κ1) is 14.5. The summed E-state index contributed by atoms with van der Waals surface area (Å²) in [6, 6.07) is 0. The topological polar surface area (TPSA) is 41.6 Å². The van der Waals surface area contributed by atoms with Gasteiger partial charge in [-0.15, -0.1) is 0 Å². The quantitative estimate of drug-likeness (QED) is 0.757. The second-order valence-electron chi connectivity index (χ2n) is 6.38. The van der Waals surface area contributed by atoms with E-state index in [-0.39, 0.29) is 11.5 Å². The molecular formula is C13H26N2O2. The molecule has 4 heteroatoms. The van der Waals surface area contributed by atoms with Gasteiger partial charge in [-0.2, -0.15) is 0 Å². The Labute approximate surface area is 105 Å². The van der Waals surface area contributed by atoms with Crippen LogP contribution in [0.15, 0.2) is 0 Å². The molecule has 1 saturated heterocycles. The van der Waals surface area contributed by atoms with E-state index >= 15 is 0 Å². The van der Waals surface area contributed by atoms with Gasteiger partial charge in [0, 0.05) is 31.7 Å². The molecule has 0 aromatic rings. The number of rotatable bonds is 3. The minimum absolute atomic E-state index is 0.0803. The highest BCUT2D eigenvalue weighted by atomic mass is 16.5. The van der Waals surface area contributed by atoms with E-state index in [4.69, 9.17) is 4.74 Å². The molecule has 1 aliphatic rings. The summed E-state index contributed by atoms with van der Waals surface area (Å²) in [6.07, 6.45) is 0. The normalized spacial score (nSPS) is 19.1. The number of carbonyl (C=O) groups is 1. The second-order valence-corrected chi connectivity index (χ2v) is 6.38. The molecule has 0 unspecified atom stereocenters. The van der Waals surface area contributed by atoms with Gasteiger partial charge >= 0.3 is 5.97 Å². The third-order valence-electron chi connectivity index (χ3n) is 3.14. The number of esters is 1. The highest BCUT2D eigenvalue weighted by Crippen LogP contribution is 2.19. The maximum Gasteiger partial charge on any atom is 0.311 e. The van der Waals surface area contributed by atoms with Crippen LogP contribution < -0.4 is 5.32 Å². The number of piperazine rings is 1. The molecule has 1 aliphatic heterocycles. The van der Waals surface area contributed by atoms with Crippen LogP contribution >= 0.6 is 0 Å². The summed E-state index contributed by atoms with van der Waals surface area (Å²) in [6.45, 7) is 14.4. The van der Waals surface area contributed by atoms with E-state index in [9.17, 15) is 4.79 Å². The van der Waals surface area contributed by atoms with Crippen LogP contribution in [0.3, 0.4) is 0 Å². The Hall–Kier alpha value is -0.610. The Balaban J connectivity index is 2.46. The van der Waals surface area contributed by atoms with E-state index in [1.807, 2.05) is 20.8 Å². The van der Waals surface area contributed by atoms with Crippen LogP contribution in [0.5, 0.6) is 0 Å². The second kappa shape index (κ2) is 5.36. The van der Waals surface area contributed by atoms with Gasteiger partial charge in [0.05, 0.1) is 5.41 Å². The third-order valence-corrected chi connectivity index (χ3v) is 3.14. The lowest BCUT2D eigenvalue weighted by molar-refractivity contribution is -0.157. The van der Waals surface area contributed by atoms with E-state index in [2.05, 4.69) is 24.1 Å². The Kier molecular flexibility index (Phi) is 4.55. The molecule has 0 bridgehead atoms. The van der Waals surface area contributed by atoms with Crippen LogP contribution in [0.1, 0.15) is 34.6 Å². The molecule has 0 saturated carbocycles. The van der Waals surface area contributed by atoms with Gasteiger partial charge < -0.3 is 10.1 Å². The largest absolute Gasteiger partial charge is 0.463 e. The minimum Gasteiger partial charge on any atom is -0.463 e. The average molecular weight is 242 g/mol. The van der Waals surface area contributed by atoms with Crippen LogP contribution in [-0.2, 0) is 9.53 Å². The summed E-state index contributed by atoms with van der Waals surface area (Å²) >= 11 is 0. The van der Waals surface area contributed by atoms with Crippen molar-refractivity contribution in [3.05, 3.63) is 0 Å². The number of nitrogens with one attached hydrogen (secondary N) is 1. The molecule has 0 atom stereocenters. The van der Waals surface area contributed by atoms with Crippen LogP contribution in [-0.4, -0.2) is 49.2 Å². The van der Waals surface area contributed by atoms with Crippen LogP contribution in [0, 0.1) is 5.41 Å². The monoisotopic (exact) mass is 242 g/mol. The number of carbonyl (C=O) groups excluding carboxylic acids is 1. The Morgan fingerprint density at radius 3 is 2.18 bits per heavy atom. The zero-order valence-corrected chi connectivity index (χ0v) is 11.8. The molecule has 1 rings (SSSR count). The first-order valence-electron chi connectivity index (χ1n) is 6.36. The summed E-state index contributed by atoms with van der Waals surface area (Å²) in [5.74, 6) is -0.124. The molecule has 0 amide bonds. The van der Waals surface area contributed by atoms with Gasteiger partial charge in [-0.1, -0.05) is 0 Å². The molecular weight excluding hydrogens is 216 g/mol. The summed E-state index contributed by atoms with van der Waals surface area (Å²) in [5, 5.41) is 3.33. The molecule has 0 radical (unpaired) electrons. The highest BCUT2D eigenvalue weighted by molar-refractivity contribution is 5.75. The van der Waals surface area contributed by atoms with E-state index in [0.717, 1.165) is 26.2 Å². The van der Waals surface area contributed by atoms with Crippen molar-refractivity contribution in [2.24, 2.45) is 5.41 Å². The Morgan fingerprint density at radius 1 is 1.18 bits per heavy atom. The predicted molar refractivity (Wildman–Crippen MR) is 68.9 cm³/mol. The van der Waals surface area contributed by atoms with Crippen molar-refractivity contribution in [3.8, 4) is 0 Å². The number of hydrogen-bond donors (Lipinski definition) is 1. The highest BCUT2D eigenvalue weighted by Gasteiger charge is 2.31. The lowest BCUT2D eigenvalue weighted by atomic mass is 9.97. The molecule has 1 fully saturated rings. The van der Waals surface area contributed by atoms with Crippen LogP contribution in [0.2, 0.25) is 0 Å². The summed E-state index contributed by atoms with van der Waals surface area (Å²) in [7, 11) is 0. The van der Waals surface area contributed by atoms with Crippen molar-refractivity contribution >= 4 is 5.97 Å². The maximum atomic E-state index is 11.7. The van der Waals surface area contributed by atoms with Gasteiger partial charge in [-0.05, 0) is 34.6 Å². The maximum absolute atomic E-state index is 11.7. The van der Waals surface area contributed by atoms with Gasteiger partial charge in [0.2, 0.25) is 0 Å². The van der Waals surface area contributed by atoms with Gasteiger partial charge in [0.25, 0.3) is 0 Å². The number of ether oxygens (including phenoxy) is 1. The zero-order chi connectivity index (χ0) is 13.1. The molecule has 4 nitrogen and oxygen atoms in total. The standard InChI is InChI=1S/C13H26N2O2/c1-12(2,3)11(16)17-10-13(4,5)15-8-6-14-7-9-15/h14H,6-10H2,1-5H3. The predicted octanol–water partition coefficient (Wildman–Crippen LogP) is 1.26. The van der Waals surface area contributed by atoms with E-state index in [0.29, 0.717) is 6.61 Å². The molecule has 0 spiro atoms. The smallest absolute Gasteiger partial charge is 0.311 e. The van der Waals surface area contributed by atoms with E-state index in [1.54, 1.807) is 0 Å². The fourth-order valence-electron chi connectivity index (χ4n) is 1.82. The molecule has 0 aromatic heterocycles. The molecule has 0 aromatic carbocycles. The van der Waals surface area contributed by atoms with Crippen molar-refractivity contribution in [3.63, 3.8) is 0 Å². The Bertz CT molecular complexity index is 263. The number of nitrogens with zero attached hydrogens (tertiary/aromatic N) is 1. The summed E-state index contributed by atoms with van der Waals surface area (Å²) < 4.78 is 5.42. The van der Waals surface area contributed by atoms with Crippen molar-refractivity contribution < 1.29 is 9.53 Å². The van der Waals surface area contributed by atoms with Crippen molar-refractivity contribution in [1.29, 1.82) is 0 Å². The van der Waals surface area contributed by atoms with Crippen molar-refractivity contribution in [1.82, 2.24) is 10.2 Å². The summed E-state index contributed by atoms with van der Waals surface area (Å²) in [5.41, 5.74) is -0.497. The average Bonchev–Trinajstić information content (AvgIpc) is 2.26. The van der Waals surface area contributed by atoms with Crippen LogP contribution in [0.4, 0.5) is 0 Å². The van der Waals surface area contributed by atoms with Crippen molar-refractivity contribution in [2.45, 2.75) is 40.2 Å². The molecule has 100 valence electrons. The molecule has 1 N–H and O–H groups in total. The Morgan fingerprint density at radius 2 is 1.71 bits per heavy atom. The molecule has 0 aliphatic carbocycles. The lowest BCUT2D eigenvalue weighted by Crippen LogP contribution is -2.55. The molecule has 17 heavy (non-hydrogen) atoms. The van der Waals surface area contributed by atoms with Gasteiger partial charge in [-0.25, -0.2) is 0 Å². The fourth-order valence-corrected chi connectivity index (χ4v) is 1.82. The van der Waals surface area contributed by atoms with E-state index in [1.165, 1.54) is 0 Å². The van der Waals surface area contributed by atoms with Crippen LogP contribution in [0.25, 0.3) is 0 Å². The number of hydrogen-bond acceptors (Lipinski definition) is 4. The molecule has 1 heterocycles. The first-order valence-corrected chi connectivity index (χ1v) is 6.36. The SMILES string of the molecule is CC(C)(C)C(=O)OCC(C)(C)N1CCNCC1. The van der Waals surface area contributed by atoms with E-state index < -0.39 is 5.41 Å². The summed E-state index contributed by atoms with van der Waals surface area (Å²) in [4.78, 5) is 14.1. The van der Waals surface area contributed by atoms with Gasteiger partial charge in [0.1, 0.15) is 6.61 Å². The minimum atomic E-state index is -0.417.